The van der Waals surface area contributed by atoms with Crippen LogP contribution < -0.4 is 5.32 Å². The minimum absolute atomic E-state index is 0.0582. The fourth-order valence-electron chi connectivity index (χ4n) is 3.18. The number of hydrogen-bond acceptors (Lipinski definition) is 3. The summed E-state index contributed by atoms with van der Waals surface area (Å²) in [6, 6.07) is 12.8. The molecule has 3 rings (SSSR count). The zero-order valence-corrected chi connectivity index (χ0v) is 14.5. The normalized spacial score (nSPS) is 18.0. The lowest BCUT2D eigenvalue weighted by atomic mass is 10.00. The number of rotatable bonds is 5. The molecule has 1 aliphatic heterocycles. The van der Waals surface area contributed by atoms with E-state index < -0.39 is 0 Å². The average molecular weight is 338 g/mol. The van der Waals surface area contributed by atoms with Gasteiger partial charge in [-0.25, -0.2) is 0 Å². The third-order valence-electron chi connectivity index (χ3n) is 4.43. The van der Waals surface area contributed by atoms with Gasteiger partial charge in [0.1, 0.15) is 0 Å². The molecule has 2 aromatic rings. The fourth-order valence-corrected chi connectivity index (χ4v) is 3.92. The van der Waals surface area contributed by atoms with Crippen LogP contribution in [0.3, 0.4) is 0 Å². The minimum Gasteiger partial charge on any atom is -0.344 e. The summed E-state index contributed by atoms with van der Waals surface area (Å²) in [6.07, 6.45) is 8.39. The maximum atomic E-state index is 12.3. The first kappa shape index (κ1) is 16.8. The number of amides is 1. The predicted molar refractivity (Wildman–Crippen MR) is 99.6 cm³/mol. The van der Waals surface area contributed by atoms with Gasteiger partial charge in [-0.15, -0.1) is 17.8 Å². The molecule has 1 amide bonds. The average Bonchev–Trinajstić information content (AvgIpc) is 3.15. The van der Waals surface area contributed by atoms with Crippen LogP contribution in [-0.4, -0.2) is 29.9 Å². The van der Waals surface area contributed by atoms with Gasteiger partial charge in [-0.3, -0.25) is 9.69 Å². The lowest BCUT2D eigenvalue weighted by molar-refractivity contribution is -0.127. The second kappa shape index (κ2) is 8.14. The molecule has 1 N–H and O–H groups in total. The first-order valence-electron chi connectivity index (χ1n) is 8.36. The number of benzene rings is 1. The molecule has 0 saturated carbocycles. The Morgan fingerprint density at radius 2 is 2.12 bits per heavy atom. The number of nitrogens with zero attached hydrogens (tertiary/aromatic N) is 1. The SMILES string of the molecule is C#CCNC(=O)C1CCCCN1Cc1ccc(-c2cccs2)cc1. The number of thiophene rings is 1. The van der Waals surface area contributed by atoms with E-state index in [0.29, 0.717) is 6.54 Å². The summed E-state index contributed by atoms with van der Waals surface area (Å²) in [5.74, 6) is 2.53. The molecule has 124 valence electrons. The number of carbonyl (C=O) groups is 1. The molecule has 2 heterocycles. The molecule has 1 unspecified atom stereocenters. The van der Waals surface area contributed by atoms with Crippen molar-refractivity contribution in [3.8, 4) is 22.8 Å². The van der Waals surface area contributed by atoms with Crippen LogP contribution in [0.15, 0.2) is 41.8 Å². The Kier molecular flexibility index (Phi) is 5.68. The van der Waals surface area contributed by atoms with Crippen molar-refractivity contribution in [2.75, 3.05) is 13.1 Å². The molecular weight excluding hydrogens is 316 g/mol. The van der Waals surface area contributed by atoms with Gasteiger partial charge >= 0.3 is 0 Å². The minimum atomic E-state index is -0.0657. The van der Waals surface area contributed by atoms with Crippen LogP contribution >= 0.6 is 11.3 Å². The third kappa shape index (κ3) is 4.05. The van der Waals surface area contributed by atoms with Crippen LogP contribution in [0.4, 0.5) is 0 Å². The Bertz CT molecular complexity index is 700. The van der Waals surface area contributed by atoms with E-state index in [4.69, 9.17) is 6.42 Å². The van der Waals surface area contributed by atoms with Gasteiger partial charge in [-0.1, -0.05) is 42.7 Å². The molecule has 1 saturated heterocycles. The van der Waals surface area contributed by atoms with Gasteiger partial charge in [0.15, 0.2) is 0 Å². The van der Waals surface area contributed by atoms with Crippen LogP contribution in [0.25, 0.3) is 10.4 Å². The van der Waals surface area contributed by atoms with Gasteiger partial charge in [0.2, 0.25) is 5.91 Å². The van der Waals surface area contributed by atoms with Crippen molar-refractivity contribution >= 4 is 17.2 Å². The summed E-state index contributed by atoms with van der Waals surface area (Å²) in [7, 11) is 0. The first-order chi connectivity index (χ1) is 11.8. The molecule has 0 aliphatic carbocycles. The molecule has 1 atom stereocenters. The second-order valence-corrected chi connectivity index (χ2v) is 7.03. The molecule has 24 heavy (non-hydrogen) atoms. The lowest BCUT2D eigenvalue weighted by Gasteiger charge is -2.34. The molecule has 1 aromatic carbocycles. The molecule has 1 aromatic heterocycles. The second-order valence-electron chi connectivity index (χ2n) is 6.08. The summed E-state index contributed by atoms with van der Waals surface area (Å²) >= 11 is 1.75. The molecule has 1 fully saturated rings. The fraction of sp³-hybridized carbons (Fsp3) is 0.350. The molecule has 0 bridgehead atoms. The van der Waals surface area contributed by atoms with E-state index in [1.807, 2.05) is 0 Å². The largest absolute Gasteiger partial charge is 0.344 e. The smallest absolute Gasteiger partial charge is 0.238 e. The molecule has 4 heteroatoms. The Morgan fingerprint density at radius 3 is 2.83 bits per heavy atom. The summed E-state index contributed by atoms with van der Waals surface area (Å²) < 4.78 is 0. The van der Waals surface area contributed by atoms with Crippen molar-refractivity contribution in [2.45, 2.75) is 31.8 Å². The van der Waals surface area contributed by atoms with Crippen LogP contribution in [0, 0.1) is 12.3 Å². The van der Waals surface area contributed by atoms with Gasteiger partial charge in [-0.2, -0.15) is 0 Å². The summed E-state index contributed by atoms with van der Waals surface area (Å²) in [5.41, 5.74) is 2.49. The topological polar surface area (TPSA) is 32.3 Å². The van der Waals surface area contributed by atoms with E-state index in [1.54, 1.807) is 11.3 Å². The number of hydrogen-bond donors (Lipinski definition) is 1. The van der Waals surface area contributed by atoms with Crippen LogP contribution in [0.1, 0.15) is 24.8 Å². The van der Waals surface area contributed by atoms with Crippen molar-refractivity contribution in [1.82, 2.24) is 10.2 Å². The maximum absolute atomic E-state index is 12.3. The first-order valence-corrected chi connectivity index (χ1v) is 9.24. The number of carbonyl (C=O) groups excluding carboxylic acids is 1. The molecule has 1 aliphatic rings. The van der Waals surface area contributed by atoms with Crippen LogP contribution in [0.2, 0.25) is 0 Å². The van der Waals surface area contributed by atoms with Gasteiger partial charge in [0, 0.05) is 11.4 Å². The molecule has 3 nitrogen and oxygen atoms in total. The van der Waals surface area contributed by atoms with Crippen molar-refractivity contribution in [1.29, 1.82) is 0 Å². The van der Waals surface area contributed by atoms with E-state index in [1.165, 1.54) is 16.0 Å². The molecule has 0 radical (unpaired) electrons. The number of likely N-dealkylation sites (tertiary alicyclic amines) is 1. The Morgan fingerprint density at radius 1 is 1.29 bits per heavy atom. The van der Waals surface area contributed by atoms with Gasteiger partial charge < -0.3 is 5.32 Å². The number of nitrogens with one attached hydrogen (secondary N) is 1. The van der Waals surface area contributed by atoms with Crippen molar-refractivity contribution in [3.05, 3.63) is 47.3 Å². The van der Waals surface area contributed by atoms with Crippen LogP contribution in [-0.2, 0) is 11.3 Å². The highest BCUT2D eigenvalue weighted by molar-refractivity contribution is 7.13. The van der Waals surface area contributed by atoms with Gasteiger partial charge in [-0.05, 0) is 42.0 Å². The van der Waals surface area contributed by atoms with Gasteiger partial charge in [0.25, 0.3) is 0 Å². The third-order valence-corrected chi connectivity index (χ3v) is 5.35. The van der Waals surface area contributed by atoms with Gasteiger partial charge in [0.05, 0.1) is 12.6 Å². The Balaban J connectivity index is 1.66. The maximum Gasteiger partial charge on any atom is 0.238 e. The highest BCUT2D eigenvalue weighted by Gasteiger charge is 2.28. The van der Waals surface area contributed by atoms with Crippen molar-refractivity contribution < 1.29 is 4.79 Å². The lowest BCUT2D eigenvalue weighted by Crippen LogP contribution is -2.49. The van der Waals surface area contributed by atoms with Crippen molar-refractivity contribution in [2.24, 2.45) is 0 Å². The molecular formula is C20H22N2OS. The Labute approximate surface area is 147 Å². The predicted octanol–water partition coefficient (Wildman–Crippen LogP) is 3.52. The van der Waals surface area contributed by atoms with E-state index in [-0.39, 0.29) is 11.9 Å². The molecule has 0 spiro atoms. The summed E-state index contributed by atoms with van der Waals surface area (Å²) in [5, 5.41) is 4.92. The summed E-state index contributed by atoms with van der Waals surface area (Å²) in [6.45, 7) is 2.07. The monoisotopic (exact) mass is 338 g/mol. The van der Waals surface area contributed by atoms with E-state index in [2.05, 4.69) is 57.9 Å². The highest BCUT2D eigenvalue weighted by atomic mass is 32.1. The zero-order valence-electron chi connectivity index (χ0n) is 13.7. The Hall–Kier alpha value is -2.09. The zero-order chi connectivity index (χ0) is 16.8. The van der Waals surface area contributed by atoms with Crippen molar-refractivity contribution in [3.63, 3.8) is 0 Å². The standard InChI is InChI=1S/C20H22N2OS/c1-2-12-21-20(23)18-6-3-4-13-22(18)15-16-8-10-17(11-9-16)19-7-5-14-24-19/h1,5,7-11,14,18H,3-4,6,12-13,15H2,(H,21,23). The number of piperidine rings is 1. The van der Waals surface area contributed by atoms with E-state index in [9.17, 15) is 4.79 Å². The van der Waals surface area contributed by atoms with E-state index in [0.717, 1.165) is 32.4 Å². The number of terminal acetylenes is 1. The van der Waals surface area contributed by atoms with Crippen LogP contribution in [0.5, 0.6) is 0 Å². The summed E-state index contributed by atoms with van der Waals surface area (Å²) in [4.78, 5) is 15.9. The van der Waals surface area contributed by atoms with E-state index >= 15 is 0 Å². The highest BCUT2D eigenvalue weighted by Crippen LogP contribution is 2.26. The quantitative estimate of drug-likeness (QED) is 0.846.